The first kappa shape index (κ1) is 26.0. The SMILES string of the molecule is COc1cc(OC(=O)c2cccnc2)ccc1-c1ccc2c(c1)C(CNc1cc(F)ccc1C)=CC(C)(C)N2. The van der Waals surface area contributed by atoms with E-state index >= 15 is 0 Å². The van der Waals surface area contributed by atoms with Crippen LogP contribution in [0.15, 0.2) is 85.2 Å². The van der Waals surface area contributed by atoms with E-state index in [1.807, 2.05) is 19.1 Å². The third-order valence-corrected chi connectivity index (χ3v) is 6.62. The molecular formula is C32H30FN3O3. The number of nitrogens with zero attached hydrogens (tertiary/aromatic N) is 1. The van der Waals surface area contributed by atoms with Gasteiger partial charge in [-0.05, 0) is 86.0 Å². The molecule has 0 fully saturated rings. The topological polar surface area (TPSA) is 72.5 Å². The lowest BCUT2D eigenvalue weighted by molar-refractivity contribution is 0.0734. The Morgan fingerprint density at radius 2 is 1.90 bits per heavy atom. The lowest BCUT2D eigenvalue weighted by Crippen LogP contribution is -2.32. The van der Waals surface area contributed by atoms with Crippen molar-refractivity contribution < 1.29 is 18.7 Å². The Balaban J connectivity index is 1.44. The number of benzene rings is 3. The minimum atomic E-state index is -0.490. The number of hydrogen-bond acceptors (Lipinski definition) is 6. The molecule has 0 bridgehead atoms. The molecule has 0 spiro atoms. The highest BCUT2D eigenvalue weighted by atomic mass is 19.1. The number of halogens is 1. The fourth-order valence-electron chi connectivity index (χ4n) is 4.73. The van der Waals surface area contributed by atoms with E-state index in [-0.39, 0.29) is 11.4 Å². The summed E-state index contributed by atoms with van der Waals surface area (Å²) in [7, 11) is 1.59. The minimum Gasteiger partial charge on any atom is -0.496 e. The van der Waals surface area contributed by atoms with Gasteiger partial charge in [-0.3, -0.25) is 4.98 Å². The van der Waals surface area contributed by atoms with E-state index in [0.717, 1.165) is 39.2 Å². The summed E-state index contributed by atoms with van der Waals surface area (Å²) in [6.45, 7) is 6.72. The lowest BCUT2D eigenvalue weighted by atomic mass is 9.88. The van der Waals surface area contributed by atoms with Gasteiger partial charge in [0.05, 0.1) is 18.2 Å². The van der Waals surface area contributed by atoms with Crippen LogP contribution in [0.4, 0.5) is 15.8 Å². The van der Waals surface area contributed by atoms with Gasteiger partial charge in [-0.2, -0.15) is 0 Å². The molecule has 0 radical (unpaired) electrons. The first-order chi connectivity index (χ1) is 18.7. The third kappa shape index (κ3) is 5.77. The highest BCUT2D eigenvalue weighted by Crippen LogP contribution is 2.40. The number of aryl methyl sites for hydroxylation is 1. The Labute approximate surface area is 227 Å². The Bertz CT molecular complexity index is 1560. The number of rotatable bonds is 7. The summed E-state index contributed by atoms with van der Waals surface area (Å²) in [5.41, 5.74) is 6.83. The van der Waals surface area contributed by atoms with Crippen molar-refractivity contribution in [2.75, 3.05) is 24.3 Å². The van der Waals surface area contributed by atoms with Crippen molar-refractivity contribution in [1.29, 1.82) is 0 Å². The van der Waals surface area contributed by atoms with Gasteiger partial charge in [0.2, 0.25) is 0 Å². The predicted molar refractivity (Wildman–Crippen MR) is 153 cm³/mol. The van der Waals surface area contributed by atoms with Crippen LogP contribution in [0.2, 0.25) is 0 Å². The van der Waals surface area contributed by atoms with Crippen molar-refractivity contribution in [1.82, 2.24) is 4.98 Å². The van der Waals surface area contributed by atoms with Gasteiger partial charge in [-0.15, -0.1) is 0 Å². The van der Waals surface area contributed by atoms with Gasteiger partial charge in [0.15, 0.2) is 0 Å². The maximum atomic E-state index is 13.9. The molecule has 4 aromatic rings. The number of pyridine rings is 1. The predicted octanol–water partition coefficient (Wildman–Crippen LogP) is 7.12. The van der Waals surface area contributed by atoms with Crippen LogP contribution < -0.4 is 20.1 Å². The molecule has 0 saturated carbocycles. The van der Waals surface area contributed by atoms with E-state index in [4.69, 9.17) is 9.47 Å². The van der Waals surface area contributed by atoms with Gasteiger partial charge in [0, 0.05) is 47.5 Å². The molecule has 198 valence electrons. The molecule has 1 aliphatic heterocycles. The normalized spacial score (nSPS) is 13.5. The number of anilines is 2. The van der Waals surface area contributed by atoms with Gasteiger partial charge >= 0.3 is 5.97 Å². The zero-order valence-corrected chi connectivity index (χ0v) is 22.3. The Hall–Kier alpha value is -4.65. The van der Waals surface area contributed by atoms with Crippen LogP contribution in [-0.4, -0.2) is 30.1 Å². The van der Waals surface area contributed by atoms with Gasteiger partial charge in [0.25, 0.3) is 0 Å². The number of hydrogen-bond donors (Lipinski definition) is 2. The van der Waals surface area contributed by atoms with E-state index in [0.29, 0.717) is 23.6 Å². The van der Waals surface area contributed by atoms with Crippen LogP contribution in [0.25, 0.3) is 16.7 Å². The number of aromatic nitrogens is 1. The highest BCUT2D eigenvalue weighted by Gasteiger charge is 2.25. The fraction of sp³-hybridized carbons (Fsp3) is 0.188. The molecule has 3 aromatic carbocycles. The number of ether oxygens (including phenoxy) is 2. The van der Waals surface area contributed by atoms with E-state index in [1.54, 1.807) is 43.6 Å². The molecule has 39 heavy (non-hydrogen) atoms. The monoisotopic (exact) mass is 523 g/mol. The van der Waals surface area contributed by atoms with Crippen molar-refractivity contribution in [3.05, 3.63) is 108 Å². The zero-order chi connectivity index (χ0) is 27.6. The van der Waals surface area contributed by atoms with Crippen LogP contribution in [0.5, 0.6) is 11.5 Å². The highest BCUT2D eigenvalue weighted by molar-refractivity contribution is 5.91. The third-order valence-electron chi connectivity index (χ3n) is 6.62. The smallest absolute Gasteiger partial charge is 0.345 e. The lowest BCUT2D eigenvalue weighted by Gasteiger charge is -2.33. The molecule has 2 heterocycles. The summed E-state index contributed by atoms with van der Waals surface area (Å²) in [6.07, 6.45) is 5.26. The average Bonchev–Trinajstić information content (AvgIpc) is 2.93. The molecule has 5 rings (SSSR count). The van der Waals surface area contributed by atoms with Crippen molar-refractivity contribution in [3.63, 3.8) is 0 Å². The summed E-state index contributed by atoms with van der Waals surface area (Å²) >= 11 is 0. The molecule has 0 atom stereocenters. The van der Waals surface area contributed by atoms with E-state index in [2.05, 4.69) is 47.7 Å². The first-order valence-corrected chi connectivity index (χ1v) is 12.7. The van der Waals surface area contributed by atoms with Crippen LogP contribution in [-0.2, 0) is 0 Å². The fourth-order valence-corrected chi connectivity index (χ4v) is 4.73. The molecule has 0 unspecified atom stereocenters. The molecule has 2 N–H and O–H groups in total. The van der Waals surface area contributed by atoms with Crippen LogP contribution in [0.1, 0.15) is 35.3 Å². The van der Waals surface area contributed by atoms with Gasteiger partial charge in [-0.25, -0.2) is 9.18 Å². The summed E-state index contributed by atoms with van der Waals surface area (Å²) in [6, 6.07) is 19.6. The Kier molecular flexibility index (Phi) is 7.07. The molecule has 0 amide bonds. The molecule has 1 aromatic heterocycles. The number of nitrogens with one attached hydrogen (secondary N) is 2. The molecule has 1 aliphatic rings. The maximum absolute atomic E-state index is 13.9. The van der Waals surface area contributed by atoms with E-state index < -0.39 is 5.97 Å². The number of esters is 1. The average molecular weight is 524 g/mol. The van der Waals surface area contributed by atoms with Crippen LogP contribution >= 0.6 is 0 Å². The molecular weight excluding hydrogens is 493 g/mol. The van der Waals surface area contributed by atoms with Crippen molar-refractivity contribution in [2.24, 2.45) is 0 Å². The molecule has 0 aliphatic carbocycles. The van der Waals surface area contributed by atoms with Crippen LogP contribution in [0, 0.1) is 12.7 Å². The Morgan fingerprint density at radius 1 is 1.05 bits per heavy atom. The number of methoxy groups -OCH3 is 1. The summed E-state index contributed by atoms with van der Waals surface area (Å²) in [5.74, 6) is 0.193. The summed E-state index contributed by atoms with van der Waals surface area (Å²) < 4.78 is 25.1. The minimum absolute atomic E-state index is 0.250. The quantitative estimate of drug-likeness (QED) is 0.198. The van der Waals surface area contributed by atoms with Crippen molar-refractivity contribution in [3.8, 4) is 22.6 Å². The molecule has 6 nitrogen and oxygen atoms in total. The molecule has 0 saturated heterocycles. The second-order valence-corrected chi connectivity index (χ2v) is 10.1. The van der Waals surface area contributed by atoms with Crippen molar-refractivity contribution >= 4 is 22.9 Å². The second kappa shape index (κ2) is 10.6. The summed E-state index contributed by atoms with van der Waals surface area (Å²) in [5, 5.41) is 6.99. The van der Waals surface area contributed by atoms with Crippen molar-refractivity contribution in [2.45, 2.75) is 26.3 Å². The Morgan fingerprint density at radius 3 is 2.67 bits per heavy atom. The number of carbonyl (C=O) groups excluding carboxylic acids is 1. The standard InChI is InChI=1S/C32H30FN3O3/c1-20-7-9-24(33)15-29(20)35-19-23-17-32(2,3)36-28-12-8-21(14-27(23)28)26-11-10-25(16-30(26)38-4)39-31(37)22-6-5-13-34-18-22/h5-18,35-36H,19H2,1-4H3. The van der Waals surface area contributed by atoms with Gasteiger partial charge < -0.3 is 20.1 Å². The zero-order valence-electron chi connectivity index (χ0n) is 22.3. The van der Waals surface area contributed by atoms with E-state index in [1.165, 1.54) is 18.3 Å². The summed E-state index contributed by atoms with van der Waals surface area (Å²) in [4.78, 5) is 16.4. The van der Waals surface area contributed by atoms with Gasteiger partial charge in [0.1, 0.15) is 17.3 Å². The van der Waals surface area contributed by atoms with Crippen LogP contribution in [0.3, 0.4) is 0 Å². The second-order valence-electron chi connectivity index (χ2n) is 10.1. The van der Waals surface area contributed by atoms with E-state index in [9.17, 15) is 9.18 Å². The number of carbonyl (C=O) groups is 1. The molecule has 7 heteroatoms. The first-order valence-electron chi connectivity index (χ1n) is 12.7. The number of fused-ring (bicyclic) bond motifs is 1. The van der Waals surface area contributed by atoms with Gasteiger partial charge in [-0.1, -0.05) is 18.2 Å². The largest absolute Gasteiger partial charge is 0.496 e. The maximum Gasteiger partial charge on any atom is 0.345 e.